The minimum atomic E-state index is -0.526. The van der Waals surface area contributed by atoms with Crippen molar-refractivity contribution in [3.05, 3.63) is 17.5 Å². The Balaban J connectivity index is 3.90. The van der Waals surface area contributed by atoms with Gasteiger partial charge in [-0.05, 0) is 39.2 Å². The molecule has 3 nitrogen and oxygen atoms in total. The molecular formula is C13H23NO2. The minimum Gasteiger partial charge on any atom is -0.628 e. The van der Waals surface area contributed by atoms with E-state index in [0.717, 1.165) is 19.3 Å². The highest BCUT2D eigenvalue weighted by Gasteiger charge is 2.07. The Morgan fingerprint density at radius 3 is 2.50 bits per heavy atom. The highest BCUT2D eigenvalue weighted by molar-refractivity contribution is 4.86. The van der Waals surface area contributed by atoms with Crippen LogP contribution < -0.4 is 0 Å². The Morgan fingerprint density at radius 1 is 1.38 bits per heavy atom. The molecule has 0 fully saturated rings. The number of terminal acetylenes is 1. The highest BCUT2D eigenvalue weighted by Crippen LogP contribution is 2.08. The van der Waals surface area contributed by atoms with Crippen LogP contribution in [0, 0.1) is 17.6 Å². The van der Waals surface area contributed by atoms with E-state index in [1.165, 1.54) is 0 Å². The average Bonchev–Trinajstić information content (AvgIpc) is 2.31. The number of hydroxylamine groups is 3. The first-order valence-corrected chi connectivity index (χ1v) is 5.96. The SMILES string of the molecule is C#CCCCCC(O)C=C[N+]([O-])(CC)CC. The van der Waals surface area contributed by atoms with Gasteiger partial charge in [-0.25, -0.2) is 0 Å². The number of hydrogen-bond acceptors (Lipinski definition) is 2. The van der Waals surface area contributed by atoms with Gasteiger partial charge in [-0.1, -0.05) is 0 Å². The van der Waals surface area contributed by atoms with Crippen LogP contribution in [0.5, 0.6) is 0 Å². The first-order chi connectivity index (χ1) is 7.58. The van der Waals surface area contributed by atoms with Crippen molar-refractivity contribution < 1.29 is 9.75 Å². The summed E-state index contributed by atoms with van der Waals surface area (Å²) in [4.78, 5) is 0. The zero-order chi connectivity index (χ0) is 12.4. The van der Waals surface area contributed by atoms with Gasteiger partial charge in [0.15, 0.2) is 0 Å². The smallest absolute Gasteiger partial charge is 0.0944 e. The zero-order valence-electron chi connectivity index (χ0n) is 10.4. The van der Waals surface area contributed by atoms with Crippen molar-refractivity contribution in [1.82, 2.24) is 0 Å². The Morgan fingerprint density at radius 2 is 2.00 bits per heavy atom. The van der Waals surface area contributed by atoms with Crippen LogP contribution in [0.4, 0.5) is 0 Å². The Bertz CT molecular complexity index is 239. The molecule has 0 aliphatic rings. The fraction of sp³-hybridized carbons (Fsp3) is 0.692. The molecule has 16 heavy (non-hydrogen) atoms. The van der Waals surface area contributed by atoms with E-state index in [-0.39, 0.29) is 4.65 Å². The first-order valence-electron chi connectivity index (χ1n) is 5.96. The van der Waals surface area contributed by atoms with Crippen LogP contribution in [0.15, 0.2) is 12.3 Å². The Kier molecular flexibility index (Phi) is 7.92. The Labute approximate surface area is 98.9 Å². The quantitative estimate of drug-likeness (QED) is 0.298. The summed E-state index contributed by atoms with van der Waals surface area (Å²) in [7, 11) is 0. The lowest BCUT2D eigenvalue weighted by Crippen LogP contribution is -2.35. The predicted molar refractivity (Wildman–Crippen MR) is 67.2 cm³/mol. The van der Waals surface area contributed by atoms with Crippen LogP contribution in [0.1, 0.15) is 39.5 Å². The Hall–Kier alpha value is -0.820. The maximum absolute atomic E-state index is 11.8. The highest BCUT2D eigenvalue weighted by atomic mass is 16.5. The molecule has 0 heterocycles. The van der Waals surface area contributed by atoms with Gasteiger partial charge < -0.3 is 15.0 Å². The van der Waals surface area contributed by atoms with Gasteiger partial charge in [0.1, 0.15) is 0 Å². The summed E-state index contributed by atoms with van der Waals surface area (Å²) in [5, 5.41) is 21.4. The molecule has 0 radical (unpaired) electrons. The number of aliphatic hydroxyl groups is 1. The number of unbranched alkanes of at least 4 members (excludes halogenated alkanes) is 2. The largest absolute Gasteiger partial charge is 0.628 e. The molecule has 0 saturated heterocycles. The second-order valence-corrected chi connectivity index (χ2v) is 3.94. The summed E-state index contributed by atoms with van der Waals surface area (Å²) >= 11 is 0. The topological polar surface area (TPSA) is 43.3 Å². The molecule has 0 bridgehead atoms. The zero-order valence-corrected chi connectivity index (χ0v) is 10.4. The van der Waals surface area contributed by atoms with Crippen molar-refractivity contribution in [2.75, 3.05) is 13.1 Å². The van der Waals surface area contributed by atoms with Crippen LogP contribution in [0.3, 0.4) is 0 Å². The summed E-state index contributed by atoms with van der Waals surface area (Å²) < 4.78 is -0.374. The lowest BCUT2D eigenvalue weighted by Gasteiger charge is -2.36. The molecule has 0 aromatic carbocycles. The van der Waals surface area contributed by atoms with Crippen LogP contribution in [0.2, 0.25) is 0 Å². The molecule has 0 saturated carbocycles. The number of quaternary nitrogens is 1. The maximum atomic E-state index is 11.8. The third-order valence-electron chi connectivity index (χ3n) is 2.72. The van der Waals surface area contributed by atoms with Crippen molar-refractivity contribution in [1.29, 1.82) is 0 Å². The third kappa shape index (κ3) is 6.62. The van der Waals surface area contributed by atoms with E-state index in [4.69, 9.17) is 6.42 Å². The molecule has 1 N–H and O–H groups in total. The van der Waals surface area contributed by atoms with E-state index in [1.807, 2.05) is 13.8 Å². The second kappa shape index (κ2) is 8.35. The number of rotatable bonds is 8. The van der Waals surface area contributed by atoms with Gasteiger partial charge >= 0.3 is 0 Å². The first kappa shape index (κ1) is 15.2. The number of aliphatic hydroxyl groups excluding tert-OH is 1. The molecule has 0 aromatic rings. The summed E-state index contributed by atoms with van der Waals surface area (Å²) in [5.74, 6) is 2.56. The molecule has 0 aliphatic heterocycles. The van der Waals surface area contributed by atoms with E-state index < -0.39 is 6.10 Å². The van der Waals surface area contributed by atoms with Crippen molar-refractivity contribution in [3.8, 4) is 12.3 Å². The molecule has 1 unspecified atom stereocenters. The fourth-order valence-corrected chi connectivity index (χ4v) is 1.37. The second-order valence-electron chi connectivity index (χ2n) is 3.94. The van der Waals surface area contributed by atoms with Gasteiger partial charge in [0, 0.05) is 6.42 Å². The van der Waals surface area contributed by atoms with Crippen LogP contribution >= 0.6 is 0 Å². The standard InChI is InChI=1S/C13H23NO2/c1-4-7-8-9-10-13(15)11-12-14(16,5-2)6-3/h1,11-13,15H,5-10H2,2-3H3. The molecular weight excluding hydrogens is 202 g/mol. The molecule has 0 aromatic heterocycles. The van der Waals surface area contributed by atoms with Crippen molar-refractivity contribution >= 4 is 0 Å². The van der Waals surface area contributed by atoms with Crippen LogP contribution in [-0.4, -0.2) is 28.9 Å². The van der Waals surface area contributed by atoms with Gasteiger partial charge in [-0.3, -0.25) is 0 Å². The molecule has 0 amide bonds. The van der Waals surface area contributed by atoms with E-state index in [2.05, 4.69) is 5.92 Å². The van der Waals surface area contributed by atoms with Gasteiger partial charge in [0.25, 0.3) is 0 Å². The number of hydrogen-bond donors (Lipinski definition) is 1. The summed E-state index contributed by atoms with van der Waals surface area (Å²) in [6.45, 7) is 4.69. The van der Waals surface area contributed by atoms with Crippen molar-refractivity contribution in [3.63, 3.8) is 0 Å². The van der Waals surface area contributed by atoms with E-state index in [0.29, 0.717) is 19.5 Å². The summed E-state index contributed by atoms with van der Waals surface area (Å²) in [6.07, 6.45) is 11.0. The van der Waals surface area contributed by atoms with E-state index >= 15 is 0 Å². The molecule has 0 spiro atoms. The lowest BCUT2D eigenvalue weighted by molar-refractivity contribution is -0.825. The van der Waals surface area contributed by atoms with E-state index in [1.54, 1.807) is 12.3 Å². The third-order valence-corrected chi connectivity index (χ3v) is 2.72. The summed E-state index contributed by atoms with van der Waals surface area (Å²) in [6, 6.07) is 0. The number of nitrogens with zero attached hydrogens (tertiary/aromatic N) is 1. The lowest BCUT2D eigenvalue weighted by atomic mass is 10.1. The molecule has 1 atom stereocenters. The van der Waals surface area contributed by atoms with Gasteiger partial charge in [0.05, 0.1) is 25.4 Å². The average molecular weight is 225 g/mol. The van der Waals surface area contributed by atoms with Crippen molar-refractivity contribution in [2.24, 2.45) is 0 Å². The van der Waals surface area contributed by atoms with Gasteiger partial charge in [0.2, 0.25) is 0 Å². The molecule has 0 rings (SSSR count). The fourth-order valence-electron chi connectivity index (χ4n) is 1.37. The van der Waals surface area contributed by atoms with Gasteiger partial charge in [-0.2, -0.15) is 0 Å². The maximum Gasteiger partial charge on any atom is 0.0944 e. The van der Waals surface area contributed by atoms with E-state index in [9.17, 15) is 10.3 Å². The van der Waals surface area contributed by atoms with Crippen LogP contribution in [-0.2, 0) is 0 Å². The van der Waals surface area contributed by atoms with Gasteiger partial charge in [-0.15, -0.1) is 12.3 Å². The van der Waals surface area contributed by atoms with Crippen molar-refractivity contribution in [2.45, 2.75) is 45.6 Å². The predicted octanol–water partition coefficient (Wildman–Crippen LogP) is 2.41. The normalized spacial score (nSPS) is 13.9. The molecule has 92 valence electrons. The molecule has 0 aliphatic carbocycles. The minimum absolute atomic E-state index is 0.374. The monoisotopic (exact) mass is 225 g/mol. The molecule has 3 heteroatoms. The summed E-state index contributed by atoms with van der Waals surface area (Å²) in [5.41, 5.74) is 0. The van der Waals surface area contributed by atoms with Crippen LogP contribution in [0.25, 0.3) is 0 Å².